The number of ether oxygens (including phenoxy) is 1. The second-order valence-electron chi connectivity index (χ2n) is 7.40. The van der Waals surface area contributed by atoms with Crippen LogP contribution >= 0.6 is 11.8 Å². The van der Waals surface area contributed by atoms with Gasteiger partial charge < -0.3 is 10.1 Å². The zero-order valence-corrected chi connectivity index (χ0v) is 18.9. The summed E-state index contributed by atoms with van der Waals surface area (Å²) in [4.78, 5) is 12.5. The van der Waals surface area contributed by atoms with Gasteiger partial charge in [0.05, 0.1) is 17.1 Å². The minimum atomic E-state index is -3.60. The standard InChI is InChI=1S/C22H28N2O4S2/c1-17-14-24(15-18(2)28-17)30(26,27)21-10-8-20(9-11-21)22(25)23-12-13-29-16-19-6-4-3-5-7-19/h3-11,17-18H,12-16H2,1-2H3,(H,23,25). The molecule has 6 nitrogen and oxygen atoms in total. The first-order valence-electron chi connectivity index (χ1n) is 10.0. The molecule has 1 heterocycles. The Balaban J connectivity index is 1.50. The summed E-state index contributed by atoms with van der Waals surface area (Å²) in [6, 6.07) is 16.3. The summed E-state index contributed by atoms with van der Waals surface area (Å²) < 4.78 is 32.8. The van der Waals surface area contributed by atoms with Crippen molar-refractivity contribution in [3.8, 4) is 0 Å². The van der Waals surface area contributed by atoms with Crippen molar-refractivity contribution >= 4 is 27.7 Å². The SMILES string of the molecule is CC1CN(S(=O)(=O)c2ccc(C(=O)NCCSCc3ccccc3)cc2)CC(C)O1. The summed E-state index contributed by atoms with van der Waals surface area (Å²) in [7, 11) is -3.60. The van der Waals surface area contributed by atoms with Crippen LogP contribution in [0.5, 0.6) is 0 Å². The lowest BCUT2D eigenvalue weighted by Crippen LogP contribution is -2.48. The molecule has 0 spiro atoms. The highest BCUT2D eigenvalue weighted by Crippen LogP contribution is 2.21. The van der Waals surface area contributed by atoms with Crippen LogP contribution in [0.2, 0.25) is 0 Å². The molecule has 30 heavy (non-hydrogen) atoms. The third kappa shape index (κ3) is 6.07. The van der Waals surface area contributed by atoms with Gasteiger partial charge in [0.2, 0.25) is 10.0 Å². The summed E-state index contributed by atoms with van der Waals surface area (Å²) in [6.45, 7) is 4.94. The molecule has 1 N–H and O–H groups in total. The number of morpholine rings is 1. The van der Waals surface area contributed by atoms with Crippen LogP contribution in [0.3, 0.4) is 0 Å². The molecule has 1 aliphatic heterocycles. The van der Waals surface area contributed by atoms with Gasteiger partial charge in [-0.25, -0.2) is 8.42 Å². The van der Waals surface area contributed by atoms with Crippen molar-refractivity contribution in [1.29, 1.82) is 0 Å². The van der Waals surface area contributed by atoms with Crippen LogP contribution < -0.4 is 5.32 Å². The van der Waals surface area contributed by atoms with Gasteiger partial charge in [0.15, 0.2) is 0 Å². The Morgan fingerprint density at radius 2 is 1.70 bits per heavy atom. The molecular formula is C22H28N2O4S2. The predicted octanol–water partition coefficient (Wildman–Crippen LogP) is 3.15. The molecule has 0 bridgehead atoms. The Labute approximate surface area is 183 Å². The number of amides is 1. The largest absolute Gasteiger partial charge is 0.373 e. The van der Waals surface area contributed by atoms with Gasteiger partial charge in [0.25, 0.3) is 5.91 Å². The second-order valence-corrected chi connectivity index (χ2v) is 10.4. The number of carbonyl (C=O) groups excluding carboxylic acids is 1. The van der Waals surface area contributed by atoms with Gasteiger partial charge in [0.1, 0.15) is 0 Å². The quantitative estimate of drug-likeness (QED) is 0.628. The van der Waals surface area contributed by atoms with Crippen molar-refractivity contribution in [3.05, 3.63) is 65.7 Å². The van der Waals surface area contributed by atoms with Crippen molar-refractivity contribution in [2.75, 3.05) is 25.4 Å². The molecule has 1 saturated heterocycles. The van der Waals surface area contributed by atoms with Crippen LogP contribution in [0.4, 0.5) is 0 Å². The number of benzene rings is 2. The number of thioether (sulfide) groups is 1. The molecule has 2 aromatic carbocycles. The van der Waals surface area contributed by atoms with E-state index in [9.17, 15) is 13.2 Å². The van der Waals surface area contributed by atoms with Gasteiger partial charge in [-0.3, -0.25) is 4.79 Å². The Morgan fingerprint density at radius 1 is 1.07 bits per heavy atom. The number of hydrogen-bond acceptors (Lipinski definition) is 5. The van der Waals surface area contributed by atoms with E-state index in [0.29, 0.717) is 25.2 Å². The van der Waals surface area contributed by atoms with Gasteiger partial charge in [-0.1, -0.05) is 30.3 Å². The van der Waals surface area contributed by atoms with Crippen molar-refractivity contribution < 1.29 is 17.9 Å². The van der Waals surface area contributed by atoms with Crippen molar-refractivity contribution in [1.82, 2.24) is 9.62 Å². The molecule has 0 aromatic heterocycles. The zero-order chi connectivity index (χ0) is 21.6. The molecule has 1 aliphatic rings. The molecular weight excluding hydrogens is 420 g/mol. The fourth-order valence-corrected chi connectivity index (χ4v) is 5.77. The van der Waals surface area contributed by atoms with E-state index >= 15 is 0 Å². The highest BCUT2D eigenvalue weighted by atomic mass is 32.2. The fraction of sp³-hybridized carbons (Fsp3) is 0.409. The molecule has 0 saturated carbocycles. The topological polar surface area (TPSA) is 75.7 Å². The molecule has 2 atom stereocenters. The summed E-state index contributed by atoms with van der Waals surface area (Å²) >= 11 is 1.76. The third-order valence-corrected chi connectivity index (χ3v) is 7.66. The van der Waals surface area contributed by atoms with Crippen LogP contribution in [0.15, 0.2) is 59.5 Å². The van der Waals surface area contributed by atoms with E-state index in [1.165, 1.54) is 22.0 Å². The van der Waals surface area contributed by atoms with Crippen LogP contribution in [0.1, 0.15) is 29.8 Å². The molecule has 8 heteroatoms. The van der Waals surface area contributed by atoms with E-state index in [1.54, 1.807) is 23.9 Å². The smallest absolute Gasteiger partial charge is 0.251 e. The maximum Gasteiger partial charge on any atom is 0.251 e. The molecule has 3 rings (SSSR count). The summed E-state index contributed by atoms with van der Waals surface area (Å²) in [5.41, 5.74) is 1.71. The number of nitrogens with one attached hydrogen (secondary N) is 1. The highest BCUT2D eigenvalue weighted by Gasteiger charge is 2.32. The van der Waals surface area contributed by atoms with Gasteiger partial charge in [0, 0.05) is 36.7 Å². The number of rotatable bonds is 8. The fourth-order valence-electron chi connectivity index (χ4n) is 3.36. The molecule has 0 aliphatic carbocycles. The molecule has 1 amide bonds. The number of sulfonamides is 1. The lowest BCUT2D eigenvalue weighted by molar-refractivity contribution is -0.0440. The third-order valence-electron chi connectivity index (χ3n) is 4.78. The van der Waals surface area contributed by atoms with Crippen LogP contribution in [-0.2, 0) is 20.5 Å². The zero-order valence-electron chi connectivity index (χ0n) is 17.3. The molecule has 2 aromatic rings. The van der Waals surface area contributed by atoms with E-state index in [2.05, 4.69) is 17.4 Å². The minimum Gasteiger partial charge on any atom is -0.373 e. The average molecular weight is 449 g/mol. The summed E-state index contributed by atoms with van der Waals surface area (Å²) in [6.07, 6.45) is -0.290. The first-order chi connectivity index (χ1) is 14.4. The molecule has 162 valence electrons. The second kappa shape index (κ2) is 10.4. The minimum absolute atomic E-state index is 0.145. The first kappa shape index (κ1) is 22.8. The number of nitrogens with zero attached hydrogens (tertiary/aromatic N) is 1. The Bertz CT molecular complexity index is 923. The van der Waals surface area contributed by atoms with Gasteiger partial charge in [-0.05, 0) is 43.7 Å². The molecule has 0 radical (unpaired) electrons. The average Bonchev–Trinajstić information content (AvgIpc) is 2.73. The van der Waals surface area contributed by atoms with Gasteiger partial charge >= 0.3 is 0 Å². The Hall–Kier alpha value is -1.87. The van der Waals surface area contributed by atoms with Gasteiger partial charge in [-0.15, -0.1) is 0 Å². The summed E-state index contributed by atoms with van der Waals surface area (Å²) in [5.74, 6) is 1.51. The Kier molecular flexibility index (Phi) is 7.93. The van der Waals surface area contributed by atoms with Crippen LogP contribution in [-0.4, -0.2) is 56.2 Å². The van der Waals surface area contributed by atoms with Crippen molar-refractivity contribution in [3.63, 3.8) is 0 Å². The van der Waals surface area contributed by atoms with E-state index in [-0.39, 0.29) is 23.0 Å². The van der Waals surface area contributed by atoms with E-state index in [4.69, 9.17) is 4.74 Å². The normalized spacial score (nSPS) is 20.1. The Morgan fingerprint density at radius 3 is 2.33 bits per heavy atom. The molecule has 2 unspecified atom stereocenters. The van der Waals surface area contributed by atoms with Crippen LogP contribution in [0, 0.1) is 0 Å². The number of carbonyl (C=O) groups is 1. The van der Waals surface area contributed by atoms with E-state index in [1.807, 2.05) is 32.0 Å². The van der Waals surface area contributed by atoms with E-state index < -0.39 is 10.0 Å². The molecule has 1 fully saturated rings. The van der Waals surface area contributed by atoms with Gasteiger partial charge in [-0.2, -0.15) is 16.1 Å². The lowest BCUT2D eigenvalue weighted by Gasteiger charge is -2.34. The summed E-state index contributed by atoms with van der Waals surface area (Å²) in [5, 5.41) is 2.88. The monoisotopic (exact) mass is 448 g/mol. The lowest BCUT2D eigenvalue weighted by atomic mass is 10.2. The van der Waals surface area contributed by atoms with E-state index in [0.717, 1.165) is 11.5 Å². The number of hydrogen-bond donors (Lipinski definition) is 1. The predicted molar refractivity (Wildman–Crippen MR) is 120 cm³/mol. The van der Waals surface area contributed by atoms with Crippen LogP contribution in [0.25, 0.3) is 0 Å². The maximum absolute atomic E-state index is 12.9. The maximum atomic E-state index is 12.9. The highest BCUT2D eigenvalue weighted by molar-refractivity contribution is 7.98. The van der Waals surface area contributed by atoms with Crippen molar-refractivity contribution in [2.24, 2.45) is 0 Å². The van der Waals surface area contributed by atoms with Crippen molar-refractivity contribution in [2.45, 2.75) is 36.7 Å². The first-order valence-corrected chi connectivity index (χ1v) is 12.6.